The summed E-state index contributed by atoms with van der Waals surface area (Å²) in [6, 6.07) is 7.50. The molecule has 1 amide bonds. The molecule has 0 spiro atoms. The minimum absolute atomic E-state index is 0.0885. The minimum atomic E-state index is -0.0885. The molecule has 1 heterocycles. The second kappa shape index (κ2) is 5.40. The molecule has 1 aromatic heterocycles. The smallest absolute Gasteiger partial charge is 0.221 e. The largest absolute Gasteiger partial charge is 0.326 e. The van der Waals surface area contributed by atoms with Crippen molar-refractivity contribution in [3.8, 4) is 11.4 Å². The van der Waals surface area contributed by atoms with E-state index in [2.05, 4.69) is 22.2 Å². The summed E-state index contributed by atoms with van der Waals surface area (Å²) in [7, 11) is 0. The Balaban J connectivity index is 2.29. The summed E-state index contributed by atoms with van der Waals surface area (Å²) in [5, 5.41) is 2.74. The second-order valence-electron chi connectivity index (χ2n) is 4.03. The Morgan fingerprint density at radius 2 is 2.00 bits per heavy atom. The van der Waals surface area contributed by atoms with E-state index in [0.29, 0.717) is 5.82 Å². The van der Waals surface area contributed by atoms with Crippen LogP contribution in [-0.2, 0) is 11.2 Å². The molecule has 4 heteroatoms. The zero-order valence-electron chi connectivity index (χ0n) is 10.5. The normalized spacial score (nSPS) is 10.1. The number of carbonyl (C=O) groups is 1. The zero-order valence-corrected chi connectivity index (χ0v) is 10.5. The molecule has 0 bridgehead atoms. The van der Waals surface area contributed by atoms with Gasteiger partial charge in [-0.3, -0.25) is 4.79 Å². The van der Waals surface area contributed by atoms with Gasteiger partial charge in [-0.2, -0.15) is 0 Å². The van der Waals surface area contributed by atoms with E-state index in [9.17, 15) is 4.79 Å². The number of rotatable bonds is 3. The SMILES string of the molecule is CCc1cnc(-c2cccc(NC(C)=O)c2)nc1. The maximum atomic E-state index is 11.0. The van der Waals surface area contributed by atoms with Gasteiger partial charge in [0.15, 0.2) is 5.82 Å². The maximum Gasteiger partial charge on any atom is 0.221 e. The molecular weight excluding hydrogens is 226 g/mol. The molecule has 0 unspecified atom stereocenters. The van der Waals surface area contributed by atoms with Crippen molar-refractivity contribution >= 4 is 11.6 Å². The fraction of sp³-hybridized carbons (Fsp3) is 0.214. The van der Waals surface area contributed by atoms with Gasteiger partial charge < -0.3 is 5.32 Å². The summed E-state index contributed by atoms with van der Waals surface area (Å²) in [6.45, 7) is 3.55. The first-order valence-electron chi connectivity index (χ1n) is 5.88. The average Bonchev–Trinajstić information content (AvgIpc) is 2.38. The zero-order chi connectivity index (χ0) is 13.0. The number of aromatic nitrogens is 2. The lowest BCUT2D eigenvalue weighted by Crippen LogP contribution is -2.05. The van der Waals surface area contributed by atoms with E-state index < -0.39 is 0 Å². The van der Waals surface area contributed by atoms with Gasteiger partial charge >= 0.3 is 0 Å². The molecule has 18 heavy (non-hydrogen) atoms. The van der Waals surface area contributed by atoms with Crippen LogP contribution in [0.25, 0.3) is 11.4 Å². The number of anilines is 1. The van der Waals surface area contributed by atoms with Gasteiger partial charge in [-0.05, 0) is 24.1 Å². The summed E-state index contributed by atoms with van der Waals surface area (Å²) in [4.78, 5) is 19.6. The van der Waals surface area contributed by atoms with Crippen molar-refractivity contribution in [2.24, 2.45) is 0 Å². The van der Waals surface area contributed by atoms with Crippen LogP contribution in [0.2, 0.25) is 0 Å². The lowest BCUT2D eigenvalue weighted by Gasteiger charge is -2.05. The van der Waals surface area contributed by atoms with E-state index in [-0.39, 0.29) is 5.91 Å². The highest BCUT2D eigenvalue weighted by Gasteiger charge is 2.03. The maximum absolute atomic E-state index is 11.0. The quantitative estimate of drug-likeness (QED) is 0.898. The molecule has 0 aliphatic heterocycles. The third-order valence-corrected chi connectivity index (χ3v) is 2.55. The van der Waals surface area contributed by atoms with Crippen molar-refractivity contribution in [1.29, 1.82) is 0 Å². The number of nitrogens with one attached hydrogen (secondary N) is 1. The molecule has 0 radical (unpaired) electrons. The van der Waals surface area contributed by atoms with Gasteiger partial charge in [-0.15, -0.1) is 0 Å². The molecule has 0 aliphatic carbocycles. The molecular formula is C14H15N3O. The van der Waals surface area contributed by atoms with Gasteiger partial charge in [0.05, 0.1) is 0 Å². The van der Waals surface area contributed by atoms with Crippen LogP contribution in [-0.4, -0.2) is 15.9 Å². The number of carbonyl (C=O) groups excluding carboxylic acids is 1. The molecule has 0 saturated carbocycles. The molecule has 4 nitrogen and oxygen atoms in total. The highest BCUT2D eigenvalue weighted by Crippen LogP contribution is 2.19. The molecule has 0 saturated heterocycles. The number of amides is 1. The lowest BCUT2D eigenvalue weighted by atomic mass is 10.2. The first-order valence-corrected chi connectivity index (χ1v) is 5.88. The highest BCUT2D eigenvalue weighted by atomic mass is 16.1. The van der Waals surface area contributed by atoms with Crippen molar-refractivity contribution in [3.05, 3.63) is 42.2 Å². The van der Waals surface area contributed by atoms with Crippen molar-refractivity contribution in [1.82, 2.24) is 9.97 Å². The number of aryl methyl sites for hydroxylation is 1. The van der Waals surface area contributed by atoms with Crippen LogP contribution in [0.3, 0.4) is 0 Å². The lowest BCUT2D eigenvalue weighted by molar-refractivity contribution is -0.114. The van der Waals surface area contributed by atoms with E-state index in [1.165, 1.54) is 6.92 Å². The van der Waals surface area contributed by atoms with Crippen LogP contribution in [0.5, 0.6) is 0 Å². The predicted molar refractivity (Wildman–Crippen MR) is 71.1 cm³/mol. The monoisotopic (exact) mass is 241 g/mol. The third-order valence-electron chi connectivity index (χ3n) is 2.55. The number of nitrogens with zero attached hydrogens (tertiary/aromatic N) is 2. The molecule has 92 valence electrons. The van der Waals surface area contributed by atoms with E-state index in [0.717, 1.165) is 23.2 Å². The van der Waals surface area contributed by atoms with Gasteiger partial charge in [0.1, 0.15) is 0 Å². The Bertz CT molecular complexity index is 549. The van der Waals surface area contributed by atoms with Crippen molar-refractivity contribution in [2.75, 3.05) is 5.32 Å². The van der Waals surface area contributed by atoms with Crippen LogP contribution < -0.4 is 5.32 Å². The third kappa shape index (κ3) is 2.91. The van der Waals surface area contributed by atoms with Crippen LogP contribution in [0.1, 0.15) is 19.4 Å². The molecule has 2 rings (SSSR count). The van der Waals surface area contributed by atoms with E-state index >= 15 is 0 Å². The first kappa shape index (κ1) is 12.2. The Kier molecular flexibility index (Phi) is 3.67. The van der Waals surface area contributed by atoms with E-state index in [1.807, 2.05) is 36.7 Å². The summed E-state index contributed by atoms with van der Waals surface area (Å²) >= 11 is 0. The molecule has 2 aromatic rings. The Labute approximate surface area is 106 Å². The highest BCUT2D eigenvalue weighted by molar-refractivity contribution is 5.89. The summed E-state index contributed by atoms with van der Waals surface area (Å²) in [6.07, 6.45) is 4.58. The van der Waals surface area contributed by atoms with Crippen molar-refractivity contribution in [3.63, 3.8) is 0 Å². The van der Waals surface area contributed by atoms with Crippen LogP contribution in [0.4, 0.5) is 5.69 Å². The number of hydrogen-bond acceptors (Lipinski definition) is 3. The minimum Gasteiger partial charge on any atom is -0.326 e. The fourth-order valence-electron chi connectivity index (χ4n) is 1.63. The van der Waals surface area contributed by atoms with Gasteiger partial charge in [-0.1, -0.05) is 19.1 Å². The molecule has 0 fully saturated rings. The molecule has 0 aliphatic rings. The van der Waals surface area contributed by atoms with E-state index in [1.54, 1.807) is 0 Å². The Morgan fingerprint density at radius 3 is 2.61 bits per heavy atom. The molecule has 0 atom stereocenters. The summed E-state index contributed by atoms with van der Waals surface area (Å²) < 4.78 is 0. The first-order chi connectivity index (χ1) is 8.69. The predicted octanol–water partition coefficient (Wildman–Crippen LogP) is 2.66. The van der Waals surface area contributed by atoms with Gasteiger partial charge in [0.2, 0.25) is 5.91 Å². The molecule has 1 aromatic carbocycles. The van der Waals surface area contributed by atoms with Crippen molar-refractivity contribution in [2.45, 2.75) is 20.3 Å². The number of hydrogen-bond donors (Lipinski definition) is 1. The van der Waals surface area contributed by atoms with Crippen molar-refractivity contribution < 1.29 is 4.79 Å². The summed E-state index contributed by atoms with van der Waals surface area (Å²) in [5.41, 5.74) is 2.75. The Morgan fingerprint density at radius 1 is 1.28 bits per heavy atom. The standard InChI is InChI=1S/C14H15N3O/c1-3-11-8-15-14(16-9-11)12-5-4-6-13(7-12)17-10(2)18/h4-9H,3H2,1-2H3,(H,17,18). The summed E-state index contributed by atoms with van der Waals surface area (Å²) in [5.74, 6) is 0.578. The fourth-order valence-corrected chi connectivity index (χ4v) is 1.63. The van der Waals surface area contributed by atoms with Crippen LogP contribution >= 0.6 is 0 Å². The van der Waals surface area contributed by atoms with Gasteiger partial charge in [-0.25, -0.2) is 9.97 Å². The van der Waals surface area contributed by atoms with Crippen LogP contribution in [0, 0.1) is 0 Å². The average molecular weight is 241 g/mol. The molecule has 1 N–H and O–H groups in total. The Hall–Kier alpha value is -2.23. The topological polar surface area (TPSA) is 54.9 Å². The van der Waals surface area contributed by atoms with Gasteiger partial charge in [0.25, 0.3) is 0 Å². The second-order valence-corrected chi connectivity index (χ2v) is 4.03. The van der Waals surface area contributed by atoms with Gasteiger partial charge in [0, 0.05) is 30.6 Å². The van der Waals surface area contributed by atoms with Crippen LogP contribution in [0.15, 0.2) is 36.7 Å². The van der Waals surface area contributed by atoms with E-state index in [4.69, 9.17) is 0 Å². The number of benzene rings is 1.